The third kappa shape index (κ3) is 2.60. The topological polar surface area (TPSA) is 32.3 Å². The lowest BCUT2D eigenvalue weighted by atomic mass is 9.97. The summed E-state index contributed by atoms with van der Waals surface area (Å²) < 4.78 is 0. The van der Waals surface area contributed by atoms with E-state index in [9.17, 15) is 5.11 Å². The number of hydrogen-bond acceptors (Lipinski definition) is 3. The molecular formula is C12H19NOS. The van der Waals surface area contributed by atoms with Crippen LogP contribution in [0.25, 0.3) is 0 Å². The van der Waals surface area contributed by atoms with E-state index in [1.807, 2.05) is 11.3 Å². The Morgan fingerprint density at radius 3 is 2.73 bits per heavy atom. The molecule has 2 rings (SSSR count). The van der Waals surface area contributed by atoms with E-state index in [0.717, 1.165) is 6.54 Å². The summed E-state index contributed by atoms with van der Waals surface area (Å²) in [5.41, 5.74) is -0.0715. The predicted molar refractivity (Wildman–Crippen MR) is 64.1 cm³/mol. The number of aliphatic hydroxyl groups excluding tert-OH is 1. The average molecular weight is 225 g/mol. The van der Waals surface area contributed by atoms with Crippen molar-refractivity contribution in [3.05, 3.63) is 21.9 Å². The second-order valence-corrected chi connectivity index (χ2v) is 6.09. The average Bonchev–Trinajstić information content (AvgIpc) is 3.00. The molecule has 3 heteroatoms. The van der Waals surface area contributed by atoms with Gasteiger partial charge in [-0.3, -0.25) is 0 Å². The summed E-state index contributed by atoms with van der Waals surface area (Å²) >= 11 is 1.83. The van der Waals surface area contributed by atoms with E-state index < -0.39 is 0 Å². The van der Waals surface area contributed by atoms with Crippen molar-refractivity contribution in [1.29, 1.82) is 0 Å². The van der Waals surface area contributed by atoms with E-state index in [2.05, 4.69) is 31.3 Å². The van der Waals surface area contributed by atoms with E-state index in [1.165, 1.54) is 22.6 Å². The molecule has 15 heavy (non-hydrogen) atoms. The molecule has 0 aromatic carbocycles. The van der Waals surface area contributed by atoms with E-state index in [4.69, 9.17) is 0 Å². The van der Waals surface area contributed by atoms with Crippen molar-refractivity contribution in [2.75, 3.05) is 6.61 Å². The summed E-state index contributed by atoms with van der Waals surface area (Å²) in [4.78, 5) is 2.71. The van der Waals surface area contributed by atoms with Crippen LogP contribution in [0.2, 0.25) is 0 Å². The normalized spacial score (nSPS) is 20.2. The van der Waals surface area contributed by atoms with Gasteiger partial charge in [0.1, 0.15) is 0 Å². The Hall–Kier alpha value is -0.380. The standard InChI is InChI=1S/C12H19NOS/c1-9-3-6-11(15-9)7-13-12(2,8-14)10-4-5-10/h3,6,10,13-14H,4-5,7-8H2,1-2H3. The highest BCUT2D eigenvalue weighted by Gasteiger charge is 2.40. The van der Waals surface area contributed by atoms with E-state index >= 15 is 0 Å². The minimum absolute atomic E-state index is 0.0715. The van der Waals surface area contributed by atoms with Gasteiger partial charge in [0.05, 0.1) is 6.61 Å². The van der Waals surface area contributed by atoms with Crippen LogP contribution in [0.15, 0.2) is 12.1 Å². The van der Waals surface area contributed by atoms with Gasteiger partial charge >= 0.3 is 0 Å². The van der Waals surface area contributed by atoms with Crippen LogP contribution in [-0.4, -0.2) is 17.3 Å². The van der Waals surface area contributed by atoms with Crippen molar-refractivity contribution in [3.8, 4) is 0 Å². The molecule has 1 aliphatic carbocycles. The van der Waals surface area contributed by atoms with Crippen molar-refractivity contribution < 1.29 is 5.11 Å². The Kier molecular flexibility index (Phi) is 3.14. The fourth-order valence-corrected chi connectivity index (χ4v) is 2.75. The summed E-state index contributed by atoms with van der Waals surface area (Å²) in [5.74, 6) is 0.670. The summed E-state index contributed by atoms with van der Waals surface area (Å²) in [6.45, 7) is 5.37. The van der Waals surface area contributed by atoms with Crippen molar-refractivity contribution in [1.82, 2.24) is 5.32 Å². The fourth-order valence-electron chi connectivity index (χ4n) is 1.92. The van der Waals surface area contributed by atoms with Gasteiger partial charge < -0.3 is 10.4 Å². The Balaban J connectivity index is 1.91. The van der Waals surface area contributed by atoms with Crippen molar-refractivity contribution in [2.45, 2.75) is 38.8 Å². The fraction of sp³-hybridized carbons (Fsp3) is 0.667. The lowest BCUT2D eigenvalue weighted by Gasteiger charge is -2.28. The number of aliphatic hydroxyl groups is 1. The molecule has 1 aliphatic rings. The maximum absolute atomic E-state index is 9.42. The zero-order chi connectivity index (χ0) is 10.9. The van der Waals surface area contributed by atoms with Gasteiger partial charge in [-0.05, 0) is 44.7 Å². The zero-order valence-corrected chi connectivity index (χ0v) is 10.2. The Morgan fingerprint density at radius 2 is 2.27 bits per heavy atom. The molecule has 0 aliphatic heterocycles. The first-order valence-corrected chi connectivity index (χ1v) is 6.37. The minimum Gasteiger partial charge on any atom is -0.394 e. The van der Waals surface area contributed by atoms with Gasteiger partial charge in [0.2, 0.25) is 0 Å². The molecule has 1 aromatic heterocycles. The van der Waals surface area contributed by atoms with Gasteiger partial charge in [0.25, 0.3) is 0 Å². The minimum atomic E-state index is -0.0715. The van der Waals surface area contributed by atoms with Crippen LogP contribution in [-0.2, 0) is 6.54 Å². The quantitative estimate of drug-likeness (QED) is 0.806. The second kappa shape index (κ2) is 4.24. The molecule has 0 radical (unpaired) electrons. The SMILES string of the molecule is Cc1ccc(CNC(C)(CO)C2CC2)s1. The molecule has 1 unspecified atom stereocenters. The summed E-state index contributed by atoms with van der Waals surface area (Å²) in [5, 5.41) is 12.9. The molecule has 1 heterocycles. The summed E-state index contributed by atoms with van der Waals surface area (Å²) in [6.07, 6.45) is 2.51. The number of thiophene rings is 1. The number of nitrogens with one attached hydrogen (secondary N) is 1. The Bertz CT molecular complexity index is 332. The molecule has 1 atom stereocenters. The Labute approximate surface area is 95.3 Å². The van der Waals surface area contributed by atoms with Gasteiger partial charge in [0, 0.05) is 21.8 Å². The van der Waals surface area contributed by atoms with Crippen LogP contribution in [0.4, 0.5) is 0 Å². The molecule has 2 nitrogen and oxygen atoms in total. The third-order valence-electron chi connectivity index (χ3n) is 3.27. The second-order valence-electron chi connectivity index (χ2n) is 4.72. The van der Waals surface area contributed by atoms with Gasteiger partial charge in [-0.1, -0.05) is 0 Å². The molecule has 0 saturated heterocycles. The summed E-state index contributed by atoms with van der Waals surface area (Å²) in [7, 11) is 0. The first-order chi connectivity index (χ1) is 7.14. The molecule has 1 fully saturated rings. The first kappa shape index (κ1) is 11.1. The van der Waals surface area contributed by atoms with Crippen LogP contribution in [0.1, 0.15) is 29.5 Å². The van der Waals surface area contributed by atoms with Crippen molar-refractivity contribution in [2.24, 2.45) is 5.92 Å². The van der Waals surface area contributed by atoms with Gasteiger partial charge in [-0.2, -0.15) is 0 Å². The Morgan fingerprint density at radius 1 is 1.53 bits per heavy atom. The molecule has 0 bridgehead atoms. The molecule has 0 amide bonds. The van der Waals surface area contributed by atoms with Gasteiger partial charge in [-0.25, -0.2) is 0 Å². The monoisotopic (exact) mass is 225 g/mol. The summed E-state index contributed by atoms with van der Waals surface area (Å²) in [6, 6.07) is 4.31. The highest BCUT2D eigenvalue weighted by Crippen LogP contribution is 2.39. The number of aryl methyl sites for hydroxylation is 1. The number of rotatable bonds is 5. The van der Waals surface area contributed by atoms with E-state index in [-0.39, 0.29) is 12.1 Å². The van der Waals surface area contributed by atoms with Crippen LogP contribution < -0.4 is 5.32 Å². The molecule has 2 N–H and O–H groups in total. The number of hydrogen-bond donors (Lipinski definition) is 2. The van der Waals surface area contributed by atoms with Crippen molar-refractivity contribution in [3.63, 3.8) is 0 Å². The predicted octanol–water partition coefficient (Wildman–Crippen LogP) is 2.31. The maximum Gasteiger partial charge on any atom is 0.0613 e. The van der Waals surface area contributed by atoms with Crippen LogP contribution in [0.5, 0.6) is 0 Å². The first-order valence-electron chi connectivity index (χ1n) is 5.55. The van der Waals surface area contributed by atoms with E-state index in [0.29, 0.717) is 5.92 Å². The highest BCUT2D eigenvalue weighted by molar-refractivity contribution is 7.11. The van der Waals surface area contributed by atoms with Crippen molar-refractivity contribution >= 4 is 11.3 Å². The van der Waals surface area contributed by atoms with Crippen LogP contribution >= 0.6 is 11.3 Å². The molecule has 1 saturated carbocycles. The van der Waals surface area contributed by atoms with E-state index in [1.54, 1.807) is 0 Å². The highest BCUT2D eigenvalue weighted by atomic mass is 32.1. The molecular weight excluding hydrogens is 206 g/mol. The largest absolute Gasteiger partial charge is 0.394 e. The smallest absolute Gasteiger partial charge is 0.0613 e. The molecule has 1 aromatic rings. The van der Waals surface area contributed by atoms with Gasteiger partial charge in [0.15, 0.2) is 0 Å². The molecule has 0 spiro atoms. The lowest BCUT2D eigenvalue weighted by molar-refractivity contribution is 0.154. The van der Waals surface area contributed by atoms with Crippen LogP contribution in [0.3, 0.4) is 0 Å². The van der Waals surface area contributed by atoms with Crippen LogP contribution in [0, 0.1) is 12.8 Å². The maximum atomic E-state index is 9.42. The third-order valence-corrected chi connectivity index (χ3v) is 4.27. The van der Waals surface area contributed by atoms with Gasteiger partial charge in [-0.15, -0.1) is 11.3 Å². The molecule has 84 valence electrons. The zero-order valence-electron chi connectivity index (χ0n) is 9.42. The lowest BCUT2D eigenvalue weighted by Crippen LogP contribution is -2.47.